The first-order chi connectivity index (χ1) is 9.20. The zero-order valence-electron chi connectivity index (χ0n) is 11.6. The molecule has 0 spiro atoms. The average Bonchev–Trinajstić information content (AvgIpc) is 2.37. The molecule has 2 nitrogen and oxygen atoms in total. The molecule has 2 rings (SSSR count). The van der Waals surface area contributed by atoms with Gasteiger partial charge < -0.3 is 4.90 Å². The van der Waals surface area contributed by atoms with Gasteiger partial charge in [0.25, 0.3) is 0 Å². The Morgan fingerprint density at radius 3 is 2.68 bits per heavy atom. The van der Waals surface area contributed by atoms with E-state index in [1.165, 1.54) is 19.3 Å². The highest BCUT2D eigenvalue weighted by Crippen LogP contribution is 2.27. The summed E-state index contributed by atoms with van der Waals surface area (Å²) in [7, 11) is 0. The van der Waals surface area contributed by atoms with Crippen LogP contribution in [0.1, 0.15) is 43.0 Å². The van der Waals surface area contributed by atoms with Crippen LogP contribution in [0.25, 0.3) is 0 Å². The third-order valence-electron chi connectivity index (χ3n) is 4.02. The zero-order chi connectivity index (χ0) is 13.7. The fourth-order valence-electron chi connectivity index (χ4n) is 2.50. The molecule has 0 N–H and O–H groups in total. The Bertz CT molecular complexity index is 429. The minimum atomic E-state index is 0.151. The lowest BCUT2D eigenvalue weighted by atomic mass is 9.85. The molecule has 0 atom stereocenters. The normalized spacial score (nSPS) is 15.5. The number of hydrogen-bond acceptors (Lipinski definition) is 2. The van der Waals surface area contributed by atoms with E-state index in [9.17, 15) is 4.79 Å². The summed E-state index contributed by atoms with van der Waals surface area (Å²) in [4.78, 5) is 14.5. The van der Waals surface area contributed by atoms with Gasteiger partial charge in [-0.2, -0.15) is 0 Å². The van der Waals surface area contributed by atoms with Crippen molar-refractivity contribution in [3.05, 3.63) is 34.9 Å². The van der Waals surface area contributed by atoms with Gasteiger partial charge in [0.1, 0.15) is 0 Å². The summed E-state index contributed by atoms with van der Waals surface area (Å²) in [6.07, 6.45) is 4.65. The summed E-state index contributed by atoms with van der Waals surface area (Å²) in [6.45, 7) is 5.17. The molecule has 1 aromatic carbocycles. The van der Waals surface area contributed by atoms with Crippen molar-refractivity contribution in [2.75, 3.05) is 19.6 Å². The fraction of sp³-hybridized carbons (Fsp3) is 0.562. The minimum Gasteiger partial charge on any atom is -0.303 e. The van der Waals surface area contributed by atoms with Crippen molar-refractivity contribution in [3.8, 4) is 0 Å². The fourth-order valence-corrected chi connectivity index (χ4v) is 2.74. The van der Waals surface area contributed by atoms with Crippen molar-refractivity contribution in [1.29, 1.82) is 0 Å². The topological polar surface area (TPSA) is 20.3 Å². The molecule has 1 aliphatic carbocycles. The molecule has 1 fully saturated rings. The summed E-state index contributed by atoms with van der Waals surface area (Å²) in [5.74, 6) is 1.01. The van der Waals surface area contributed by atoms with Crippen LogP contribution in [0.4, 0.5) is 0 Å². The molecule has 0 aromatic heterocycles. The summed E-state index contributed by atoms with van der Waals surface area (Å²) in [5.41, 5.74) is 0.656. The van der Waals surface area contributed by atoms with E-state index >= 15 is 0 Å². The molecule has 3 heteroatoms. The molecular formula is C16H22ClNO. The Kier molecular flexibility index (Phi) is 5.41. The van der Waals surface area contributed by atoms with Gasteiger partial charge in [0.2, 0.25) is 0 Å². The van der Waals surface area contributed by atoms with Gasteiger partial charge in [-0.25, -0.2) is 0 Å². The van der Waals surface area contributed by atoms with Crippen LogP contribution in [0.15, 0.2) is 24.3 Å². The van der Waals surface area contributed by atoms with Crippen LogP contribution in [0, 0.1) is 5.92 Å². The minimum absolute atomic E-state index is 0.151. The van der Waals surface area contributed by atoms with Gasteiger partial charge >= 0.3 is 0 Å². The van der Waals surface area contributed by atoms with Crippen LogP contribution >= 0.6 is 11.6 Å². The molecule has 0 amide bonds. The number of halogens is 1. The van der Waals surface area contributed by atoms with Crippen molar-refractivity contribution in [2.24, 2.45) is 5.92 Å². The molecule has 1 aliphatic rings. The van der Waals surface area contributed by atoms with E-state index in [-0.39, 0.29) is 5.78 Å². The van der Waals surface area contributed by atoms with Gasteiger partial charge in [-0.3, -0.25) is 4.79 Å². The van der Waals surface area contributed by atoms with Crippen LogP contribution in [0.2, 0.25) is 5.02 Å². The number of Topliss-reactive ketones (excluding diaryl/α,β-unsaturated/α-hetero) is 1. The molecule has 0 unspecified atom stereocenters. The number of benzene rings is 1. The SMILES string of the molecule is CCN(CCC(=O)c1ccccc1Cl)CC1CCC1. The van der Waals surface area contributed by atoms with E-state index in [1.54, 1.807) is 6.07 Å². The van der Waals surface area contributed by atoms with Gasteiger partial charge in [-0.15, -0.1) is 0 Å². The van der Waals surface area contributed by atoms with Crippen LogP contribution < -0.4 is 0 Å². The second kappa shape index (κ2) is 7.06. The molecule has 0 radical (unpaired) electrons. The Morgan fingerprint density at radius 1 is 1.37 bits per heavy atom. The van der Waals surface area contributed by atoms with E-state index in [4.69, 9.17) is 11.6 Å². The number of hydrogen-bond donors (Lipinski definition) is 0. The predicted octanol–water partition coefficient (Wildman–Crippen LogP) is 4.03. The van der Waals surface area contributed by atoms with E-state index in [2.05, 4.69) is 11.8 Å². The highest BCUT2D eigenvalue weighted by molar-refractivity contribution is 6.33. The second-order valence-electron chi connectivity index (χ2n) is 5.34. The van der Waals surface area contributed by atoms with Gasteiger partial charge in [0.05, 0.1) is 5.02 Å². The molecule has 0 bridgehead atoms. The van der Waals surface area contributed by atoms with Crippen molar-refractivity contribution in [2.45, 2.75) is 32.6 Å². The maximum Gasteiger partial charge on any atom is 0.165 e. The zero-order valence-corrected chi connectivity index (χ0v) is 12.3. The van der Waals surface area contributed by atoms with E-state index < -0.39 is 0 Å². The molecule has 0 aliphatic heterocycles. The highest BCUT2D eigenvalue weighted by atomic mass is 35.5. The molecular weight excluding hydrogens is 258 g/mol. The maximum atomic E-state index is 12.1. The average molecular weight is 280 g/mol. The number of rotatable bonds is 7. The first-order valence-corrected chi connectivity index (χ1v) is 7.58. The van der Waals surface area contributed by atoms with Crippen LogP contribution in [0.3, 0.4) is 0 Å². The standard InChI is InChI=1S/C16H22ClNO/c1-2-18(12-13-6-5-7-13)11-10-16(19)14-8-3-4-9-15(14)17/h3-4,8-9,13H,2,5-7,10-12H2,1H3. The van der Waals surface area contributed by atoms with Crippen LogP contribution in [-0.4, -0.2) is 30.3 Å². The van der Waals surface area contributed by atoms with Crippen molar-refractivity contribution >= 4 is 17.4 Å². The molecule has 19 heavy (non-hydrogen) atoms. The third kappa shape index (κ3) is 4.05. The quantitative estimate of drug-likeness (QED) is 0.702. The highest BCUT2D eigenvalue weighted by Gasteiger charge is 2.20. The molecule has 1 aromatic rings. The third-order valence-corrected chi connectivity index (χ3v) is 4.35. The maximum absolute atomic E-state index is 12.1. The largest absolute Gasteiger partial charge is 0.303 e. The van der Waals surface area contributed by atoms with Crippen LogP contribution in [0.5, 0.6) is 0 Å². The molecule has 0 heterocycles. The number of nitrogens with zero attached hydrogens (tertiary/aromatic N) is 1. The Balaban J connectivity index is 1.83. The number of carbonyl (C=O) groups excluding carboxylic acids is 1. The van der Waals surface area contributed by atoms with Crippen LogP contribution in [-0.2, 0) is 0 Å². The van der Waals surface area contributed by atoms with Crippen molar-refractivity contribution < 1.29 is 4.79 Å². The second-order valence-corrected chi connectivity index (χ2v) is 5.75. The summed E-state index contributed by atoms with van der Waals surface area (Å²) < 4.78 is 0. The Labute approximate surface area is 120 Å². The van der Waals surface area contributed by atoms with Gasteiger partial charge in [-0.1, -0.05) is 37.1 Å². The number of carbonyl (C=O) groups is 1. The van der Waals surface area contributed by atoms with E-state index in [0.717, 1.165) is 25.6 Å². The lowest BCUT2D eigenvalue weighted by Crippen LogP contribution is -2.34. The molecule has 0 saturated heterocycles. The van der Waals surface area contributed by atoms with E-state index in [1.807, 2.05) is 18.2 Å². The summed E-state index contributed by atoms with van der Waals surface area (Å²) in [5, 5.41) is 0.564. The van der Waals surface area contributed by atoms with Gasteiger partial charge in [0, 0.05) is 25.1 Å². The first-order valence-electron chi connectivity index (χ1n) is 7.20. The number of ketones is 1. The smallest absolute Gasteiger partial charge is 0.165 e. The lowest BCUT2D eigenvalue weighted by molar-refractivity contribution is 0.0954. The monoisotopic (exact) mass is 279 g/mol. The molecule has 104 valence electrons. The lowest BCUT2D eigenvalue weighted by Gasteiger charge is -2.31. The van der Waals surface area contributed by atoms with E-state index in [0.29, 0.717) is 17.0 Å². The Hall–Kier alpha value is -0.860. The molecule has 1 saturated carbocycles. The Morgan fingerprint density at radius 2 is 2.11 bits per heavy atom. The van der Waals surface area contributed by atoms with Crippen molar-refractivity contribution in [3.63, 3.8) is 0 Å². The van der Waals surface area contributed by atoms with Gasteiger partial charge in [-0.05, 0) is 37.4 Å². The first kappa shape index (κ1) is 14.5. The van der Waals surface area contributed by atoms with Crippen molar-refractivity contribution in [1.82, 2.24) is 4.90 Å². The summed E-state index contributed by atoms with van der Waals surface area (Å²) >= 11 is 6.05. The summed E-state index contributed by atoms with van der Waals surface area (Å²) in [6, 6.07) is 7.31. The predicted molar refractivity (Wildman–Crippen MR) is 79.9 cm³/mol. The van der Waals surface area contributed by atoms with Gasteiger partial charge in [0.15, 0.2) is 5.78 Å².